The molecule has 3 fully saturated rings. The second-order valence-electron chi connectivity index (χ2n) is 10.4. The van der Waals surface area contributed by atoms with E-state index in [9.17, 15) is 19.8 Å². The molecule has 1 saturated heterocycles. The molecule has 1 heterocycles. The lowest BCUT2D eigenvalue weighted by Crippen LogP contribution is -2.54. The Morgan fingerprint density at radius 2 is 1.69 bits per heavy atom. The number of oxime groups is 1. The van der Waals surface area contributed by atoms with Gasteiger partial charge in [-0.15, -0.1) is 0 Å². The van der Waals surface area contributed by atoms with Crippen LogP contribution >= 0.6 is 0 Å². The number of anilines is 1. The van der Waals surface area contributed by atoms with Gasteiger partial charge in [-0.3, -0.25) is 9.59 Å². The van der Waals surface area contributed by atoms with Crippen LogP contribution in [0.1, 0.15) is 33.1 Å². The van der Waals surface area contributed by atoms with Crippen LogP contribution in [0.2, 0.25) is 0 Å². The first-order valence-corrected chi connectivity index (χ1v) is 12.6. The molecule has 2 saturated carbocycles. The zero-order valence-corrected chi connectivity index (χ0v) is 20.5. The number of carbonyl (C=O) groups excluding carboxylic acids is 2. The maximum atomic E-state index is 13.7. The van der Waals surface area contributed by atoms with Crippen molar-refractivity contribution >= 4 is 23.2 Å². The highest BCUT2D eigenvalue weighted by molar-refractivity contribution is 6.22. The Kier molecular flexibility index (Phi) is 6.81. The molecule has 2 amide bonds. The highest BCUT2D eigenvalue weighted by Crippen LogP contribution is 2.50. The van der Waals surface area contributed by atoms with Crippen LogP contribution in [-0.4, -0.2) is 46.6 Å². The predicted molar refractivity (Wildman–Crippen MR) is 134 cm³/mol. The zero-order valence-electron chi connectivity index (χ0n) is 20.5. The Bertz CT molecular complexity index is 1150. The Hall–Kier alpha value is -3.23. The van der Waals surface area contributed by atoms with Gasteiger partial charge in [0.1, 0.15) is 18.1 Å². The molecule has 2 aromatic carbocycles. The van der Waals surface area contributed by atoms with Gasteiger partial charge in [0.2, 0.25) is 11.8 Å². The summed E-state index contributed by atoms with van der Waals surface area (Å²) in [7, 11) is 0. The molecule has 36 heavy (non-hydrogen) atoms. The van der Waals surface area contributed by atoms with Gasteiger partial charge in [-0.25, -0.2) is 4.90 Å². The van der Waals surface area contributed by atoms with Crippen molar-refractivity contribution in [1.82, 2.24) is 0 Å². The number of nitrogens with zero attached hydrogens (tertiary/aromatic N) is 2. The van der Waals surface area contributed by atoms with Crippen molar-refractivity contribution < 1.29 is 29.4 Å². The van der Waals surface area contributed by atoms with Crippen molar-refractivity contribution in [3.8, 4) is 11.5 Å². The number of aliphatic hydroxyl groups is 2. The fourth-order valence-electron chi connectivity index (χ4n) is 5.81. The van der Waals surface area contributed by atoms with Crippen LogP contribution in [0.4, 0.5) is 5.69 Å². The van der Waals surface area contributed by atoms with E-state index in [-0.39, 0.29) is 24.2 Å². The van der Waals surface area contributed by atoms with Crippen LogP contribution in [0.5, 0.6) is 11.5 Å². The van der Waals surface area contributed by atoms with E-state index in [1.54, 1.807) is 24.3 Å². The fourth-order valence-corrected chi connectivity index (χ4v) is 5.81. The molecule has 0 bridgehead atoms. The molecule has 0 radical (unpaired) electrons. The summed E-state index contributed by atoms with van der Waals surface area (Å²) in [6, 6.07) is 16.2. The number of carbonyl (C=O) groups is 2. The molecule has 0 unspecified atom stereocenters. The molecule has 6 atom stereocenters. The summed E-state index contributed by atoms with van der Waals surface area (Å²) in [6.45, 7) is 4.48. The van der Waals surface area contributed by atoms with Crippen LogP contribution in [0.15, 0.2) is 59.8 Å². The Morgan fingerprint density at radius 1 is 0.972 bits per heavy atom. The quantitative estimate of drug-likeness (QED) is 0.470. The summed E-state index contributed by atoms with van der Waals surface area (Å²) in [5.41, 5.74) is 1.10. The molecule has 0 spiro atoms. The number of amides is 2. The molecule has 5 rings (SSSR count). The molecular formula is C28H32N2O6. The molecule has 8 nitrogen and oxygen atoms in total. The van der Waals surface area contributed by atoms with Gasteiger partial charge < -0.3 is 19.8 Å². The maximum Gasteiger partial charge on any atom is 0.238 e. The van der Waals surface area contributed by atoms with Crippen LogP contribution < -0.4 is 9.64 Å². The maximum absolute atomic E-state index is 13.7. The number of fused-ring (bicyclic) bond motifs is 3. The molecule has 2 aromatic rings. The van der Waals surface area contributed by atoms with Gasteiger partial charge >= 0.3 is 0 Å². The summed E-state index contributed by atoms with van der Waals surface area (Å²) < 4.78 is 5.90. The molecule has 2 N–H and O–H groups in total. The molecular weight excluding hydrogens is 460 g/mol. The normalized spacial score (nSPS) is 30.9. The average Bonchev–Trinajstić information content (AvgIpc) is 3.12. The lowest BCUT2D eigenvalue weighted by atomic mass is 9.60. The number of para-hydroxylation sites is 1. The minimum atomic E-state index is -1.11. The average molecular weight is 493 g/mol. The third-order valence-electron chi connectivity index (χ3n) is 7.42. The molecule has 8 heteroatoms. The van der Waals surface area contributed by atoms with E-state index in [0.29, 0.717) is 48.3 Å². The first-order chi connectivity index (χ1) is 17.3. The van der Waals surface area contributed by atoms with Gasteiger partial charge in [0.25, 0.3) is 0 Å². The lowest BCUT2D eigenvalue weighted by Gasteiger charge is -2.45. The predicted octanol–water partition coefficient (Wildman–Crippen LogP) is 3.76. The van der Waals surface area contributed by atoms with E-state index in [2.05, 4.69) is 5.16 Å². The van der Waals surface area contributed by atoms with Gasteiger partial charge in [0.15, 0.2) is 0 Å². The number of ether oxygens (including phenoxy) is 1. The molecule has 2 aliphatic carbocycles. The summed E-state index contributed by atoms with van der Waals surface area (Å²) in [4.78, 5) is 33.9. The second-order valence-corrected chi connectivity index (χ2v) is 10.4. The summed E-state index contributed by atoms with van der Waals surface area (Å²) in [5, 5.41) is 25.9. The van der Waals surface area contributed by atoms with Gasteiger partial charge in [-0.1, -0.05) is 43.3 Å². The smallest absolute Gasteiger partial charge is 0.238 e. The Morgan fingerprint density at radius 3 is 2.44 bits per heavy atom. The minimum Gasteiger partial charge on any atom is -0.457 e. The number of hydrogen-bond acceptors (Lipinski definition) is 7. The van der Waals surface area contributed by atoms with Crippen LogP contribution in [-0.2, 0) is 14.4 Å². The molecule has 0 aromatic heterocycles. The highest BCUT2D eigenvalue weighted by atomic mass is 16.6. The van der Waals surface area contributed by atoms with E-state index in [0.717, 1.165) is 0 Å². The van der Waals surface area contributed by atoms with Crippen molar-refractivity contribution in [3.05, 3.63) is 54.6 Å². The van der Waals surface area contributed by atoms with Gasteiger partial charge in [0.05, 0.1) is 35.4 Å². The molecule has 1 aliphatic heterocycles. The summed E-state index contributed by atoms with van der Waals surface area (Å²) in [6.07, 6.45) is -0.868. The SMILES string of the molecule is CC(C)CO/N=C1/C[C@@H](O)[C@@H](O)[C@@H]2[C@@H]3C(=O)N(c4cccc(Oc5ccccc5)c4)C(=O)[C@H]3CC[C@@H]12. The molecule has 3 aliphatic rings. The van der Waals surface area contributed by atoms with Crippen molar-refractivity contribution in [2.75, 3.05) is 11.5 Å². The van der Waals surface area contributed by atoms with Crippen LogP contribution in [0, 0.1) is 29.6 Å². The molecule has 190 valence electrons. The topological polar surface area (TPSA) is 109 Å². The van der Waals surface area contributed by atoms with E-state index < -0.39 is 30.0 Å². The van der Waals surface area contributed by atoms with E-state index >= 15 is 0 Å². The number of rotatable bonds is 6. The van der Waals surface area contributed by atoms with Crippen molar-refractivity contribution in [2.45, 2.75) is 45.3 Å². The van der Waals surface area contributed by atoms with Gasteiger partial charge in [-0.05, 0) is 43.0 Å². The second kappa shape index (κ2) is 10.0. The standard InChI is InChI=1S/C28H32N2O6/c1-16(2)15-35-29-22-14-23(31)26(32)24-20(22)11-12-21-25(24)28(34)30(27(21)33)17-7-6-10-19(13-17)36-18-8-4-3-5-9-18/h3-10,13,16,20-21,23-26,31-32H,11-12,14-15H2,1-2H3/b29-22-/t20-,21-,23+,24-,25+,26+/m0/s1. The zero-order chi connectivity index (χ0) is 25.4. The van der Waals surface area contributed by atoms with E-state index in [4.69, 9.17) is 9.57 Å². The number of imide groups is 1. The Labute approximate surface area is 210 Å². The Balaban J connectivity index is 1.42. The van der Waals surface area contributed by atoms with Crippen LogP contribution in [0.25, 0.3) is 0 Å². The lowest BCUT2D eigenvalue weighted by molar-refractivity contribution is -0.132. The largest absolute Gasteiger partial charge is 0.457 e. The van der Waals surface area contributed by atoms with Crippen molar-refractivity contribution in [1.29, 1.82) is 0 Å². The first kappa shape index (κ1) is 24.5. The number of hydrogen-bond donors (Lipinski definition) is 2. The van der Waals surface area contributed by atoms with Crippen LogP contribution in [0.3, 0.4) is 0 Å². The highest BCUT2D eigenvalue weighted by Gasteiger charge is 2.60. The van der Waals surface area contributed by atoms with E-state index in [1.165, 1.54) is 4.90 Å². The summed E-state index contributed by atoms with van der Waals surface area (Å²) >= 11 is 0. The van der Waals surface area contributed by atoms with Gasteiger partial charge in [-0.2, -0.15) is 0 Å². The number of aliphatic hydroxyl groups excluding tert-OH is 2. The van der Waals surface area contributed by atoms with Crippen molar-refractivity contribution in [2.24, 2.45) is 34.7 Å². The monoisotopic (exact) mass is 492 g/mol. The fraction of sp³-hybridized carbons (Fsp3) is 0.464. The van der Waals surface area contributed by atoms with E-state index in [1.807, 2.05) is 44.2 Å². The number of benzene rings is 2. The first-order valence-electron chi connectivity index (χ1n) is 12.6. The minimum absolute atomic E-state index is 0.197. The summed E-state index contributed by atoms with van der Waals surface area (Å²) in [5.74, 6) is -1.27. The third kappa shape index (κ3) is 4.51. The third-order valence-corrected chi connectivity index (χ3v) is 7.42. The van der Waals surface area contributed by atoms with Crippen molar-refractivity contribution in [3.63, 3.8) is 0 Å². The van der Waals surface area contributed by atoms with Gasteiger partial charge in [0, 0.05) is 24.3 Å².